The van der Waals surface area contributed by atoms with Crippen LogP contribution in [0.15, 0.2) is 0 Å². The third-order valence-electron chi connectivity index (χ3n) is 5.25. The maximum atomic E-state index is 12.4. The summed E-state index contributed by atoms with van der Waals surface area (Å²) in [7, 11) is 0. The Morgan fingerprint density at radius 1 is 1.10 bits per heavy atom. The molecule has 2 rings (SSSR count). The molecule has 2 N–H and O–H groups in total. The van der Waals surface area contributed by atoms with E-state index in [1.165, 1.54) is 0 Å². The summed E-state index contributed by atoms with van der Waals surface area (Å²) in [5, 5.41) is 12.4. The molecule has 4 nitrogen and oxygen atoms in total. The third kappa shape index (κ3) is 3.53. The highest BCUT2D eigenvalue weighted by atomic mass is 16.4. The Balaban J connectivity index is 1.91. The first-order valence-corrected chi connectivity index (χ1v) is 8.04. The standard InChI is InChI=1S/C16H27NO3/c1-3-11-8-13(14(9-11)16(19)20)15(18)17-12-6-4-10(2)5-7-12/h10-14H,3-9H2,1-2H3,(H,17,18)(H,19,20)/t10?,11?,12?,13-,14+/m0/s1. The molecule has 20 heavy (non-hydrogen) atoms. The number of carbonyl (C=O) groups excluding carboxylic acids is 1. The molecule has 1 amide bonds. The molecule has 3 atom stereocenters. The van der Waals surface area contributed by atoms with Crippen LogP contribution in [0.4, 0.5) is 0 Å². The summed E-state index contributed by atoms with van der Waals surface area (Å²) in [4.78, 5) is 23.7. The van der Waals surface area contributed by atoms with Crippen LogP contribution in [0, 0.1) is 23.7 Å². The summed E-state index contributed by atoms with van der Waals surface area (Å²) in [6.07, 6.45) is 6.76. The van der Waals surface area contributed by atoms with Crippen molar-refractivity contribution in [1.29, 1.82) is 0 Å². The van der Waals surface area contributed by atoms with Gasteiger partial charge in [-0.2, -0.15) is 0 Å². The number of nitrogens with one attached hydrogen (secondary N) is 1. The van der Waals surface area contributed by atoms with Crippen LogP contribution < -0.4 is 5.32 Å². The van der Waals surface area contributed by atoms with Gasteiger partial charge in [0.15, 0.2) is 0 Å². The van der Waals surface area contributed by atoms with Crippen LogP contribution in [0.5, 0.6) is 0 Å². The summed E-state index contributed by atoms with van der Waals surface area (Å²) >= 11 is 0. The highest BCUT2D eigenvalue weighted by Gasteiger charge is 2.42. The summed E-state index contributed by atoms with van der Waals surface area (Å²) in [6, 6.07) is 0.258. The maximum Gasteiger partial charge on any atom is 0.307 e. The zero-order chi connectivity index (χ0) is 14.7. The fraction of sp³-hybridized carbons (Fsp3) is 0.875. The second kappa shape index (κ2) is 6.59. The van der Waals surface area contributed by atoms with Crippen LogP contribution in [0.3, 0.4) is 0 Å². The SMILES string of the molecule is CCC1C[C@H](C(=O)NC2CCC(C)CC2)[C@H](C(=O)O)C1. The van der Waals surface area contributed by atoms with Crippen LogP contribution in [0.25, 0.3) is 0 Å². The lowest BCUT2D eigenvalue weighted by atomic mass is 9.86. The number of hydrogen-bond donors (Lipinski definition) is 2. The number of carbonyl (C=O) groups is 2. The molecule has 0 aromatic carbocycles. The first-order valence-electron chi connectivity index (χ1n) is 8.04. The summed E-state index contributed by atoms with van der Waals surface area (Å²) in [5.41, 5.74) is 0. The Morgan fingerprint density at radius 2 is 1.70 bits per heavy atom. The first-order chi connectivity index (χ1) is 9.51. The predicted molar refractivity (Wildman–Crippen MR) is 77.2 cm³/mol. The van der Waals surface area contributed by atoms with Gasteiger partial charge in [-0.3, -0.25) is 9.59 Å². The normalized spacial score (nSPS) is 37.6. The van der Waals surface area contributed by atoms with Crippen molar-refractivity contribution in [1.82, 2.24) is 5.32 Å². The fourth-order valence-electron chi connectivity index (χ4n) is 3.75. The molecule has 1 unspecified atom stereocenters. The van der Waals surface area contributed by atoms with Gasteiger partial charge in [0, 0.05) is 6.04 Å². The van der Waals surface area contributed by atoms with Crippen LogP contribution in [-0.4, -0.2) is 23.0 Å². The van der Waals surface area contributed by atoms with Gasteiger partial charge in [0.25, 0.3) is 0 Å². The van der Waals surface area contributed by atoms with Crippen LogP contribution in [0.2, 0.25) is 0 Å². The van der Waals surface area contributed by atoms with E-state index in [2.05, 4.69) is 19.2 Å². The predicted octanol–water partition coefficient (Wildman–Crippen LogP) is 2.82. The van der Waals surface area contributed by atoms with E-state index in [0.29, 0.717) is 12.3 Å². The van der Waals surface area contributed by atoms with Gasteiger partial charge in [0.1, 0.15) is 0 Å². The van der Waals surface area contributed by atoms with Gasteiger partial charge >= 0.3 is 5.97 Å². The van der Waals surface area contributed by atoms with Gasteiger partial charge in [-0.05, 0) is 50.4 Å². The molecule has 4 heteroatoms. The molecule has 2 aliphatic rings. The molecule has 0 radical (unpaired) electrons. The zero-order valence-corrected chi connectivity index (χ0v) is 12.6. The van der Waals surface area contributed by atoms with Crippen molar-refractivity contribution in [3.63, 3.8) is 0 Å². The quantitative estimate of drug-likeness (QED) is 0.832. The second-order valence-electron chi connectivity index (χ2n) is 6.76. The van der Waals surface area contributed by atoms with Crippen LogP contribution >= 0.6 is 0 Å². The Bertz CT molecular complexity index is 361. The topological polar surface area (TPSA) is 66.4 Å². The first kappa shape index (κ1) is 15.3. The minimum atomic E-state index is -0.807. The highest BCUT2D eigenvalue weighted by Crippen LogP contribution is 2.38. The second-order valence-corrected chi connectivity index (χ2v) is 6.76. The maximum absolute atomic E-state index is 12.4. The molecule has 114 valence electrons. The van der Waals surface area contributed by atoms with Crippen molar-refractivity contribution in [3.05, 3.63) is 0 Å². The number of amides is 1. The van der Waals surface area contributed by atoms with Crippen molar-refractivity contribution in [2.24, 2.45) is 23.7 Å². The molecule has 2 saturated carbocycles. The van der Waals surface area contributed by atoms with Gasteiger partial charge in [-0.15, -0.1) is 0 Å². The molecule has 0 saturated heterocycles. The van der Waals surface area contributed by atoms with Gasteiger partial charge in [0.2, 0.25) is 5.91 Å². The van der Waals surface area contributed by atoms with E-state index in [9.17, 15) is 14.7 Å². The van der Waals surface area contributed by atoms with E-state index in [0.717, 1.165) is 44.4 Å². The van der Waals surface area contributed by atoms with E-state index in [1.54, 1.807) is 0 Å². The van der Waals surface area contributed by atoms with Gasteiger partial charge in [-0.1, -0.05) is 20.3 Å². The molecule has 0 aromatic heterocycles. The Labute approximate surface area is 121 Å². The monoisotopic (exact) mass is 281 g/mol. The molecule has 0 aliphatic heterocycles. The molecule has 0 bridgehead atoms. The molecule has 0 heterocycles. The largest absolute Gasteiger partial charge is 0.481 e. The zero-order valence-electron chi connectivity index (χ0n) is 12.6. The molecule has 2 fully saturated rings. The molecule has 0 spiro atoms. The average molecular weight is 281 g/mol. The summed E-state index contributed by atoms with van der Waals surface area (Å²) in [6.45, 7) is 4.33. The highest BCUT2D eigenvalue weighted by molar-refractivity contribution is 5.85. The molecule has 2 aliphatic carbocycles. The minimum absolute atomic E-state index is 0.0205. The fourth-order valence-corrected chi connectivity index (χ4v) is 3.75. The van der Waals surface area contributed by atoms with Gasteiger partial charge in [0.05, 0.1) is 11.8 Å². The number of rotatable bonds is 4. The Morgan fingerprint density at radius 3 is 2.25 bits per heavy atom. The number of aliphatic carboxylic acids is 1. The smallest absolute Gasteiger partial charge is 0.307 e. The van der Waals surface area contributed by atoms with E-state index in [4.69, 9.17) is 0 Å². The minimum Gasteiger partial charge on any atom is -0.481 e. The lowest BCUT2D eigenvalue weighted by molar-refractivity contribution is -0.146. The molecular formula is C16H27NO3. The van der Waals surface area contributed by atoms with Crippen molar-refractivity contribution in [3.8, 4) is 0 Å². The van der Waals surface area contributed by atoms with E-state index in [-0.39, 0.29) is 17.9 Å². The lowest BCUT2D eigenvalue weighted by Gasteiger charge is -2.28. The van der Waals surface area contributed by atoms with Gasteiger partial charge < -0.3 is 10.4 Å². The van der Waals surface area contributed by atoms with Crippen LogP contribution in [0.1, 0.15) is 58.8 Å². The van der Waals surface area contributed by atoms with E-state index >= 15 is 0 Å². The number of hydrogen-bond acceptors (Lipinski definition) is 2. The lowest BCUT2D eigenvalue weighted by Crippen LogP contribution is -2.42. The molecule has 0 aromatic rings. The van der Waals surface area contributed by atoms with Crippen molar-refractivity contribution in [2.75, 3.05) is 0 Å². The Kier molecular flexibility index (Phi) is 5.06. The number of carboxylic acids is 1. The van der Waals surface area contributed by atoms with Gasteiger partial charge in [-0.25, -0.2) is 0 Å². The third-order valence-corrected chi connectivity index (χ3v) is 5.25. The summed E-state index contributed by atoms with van der Waals surface area (Å²) < 4.78 is 0. The van der Waals surface area contributed by atoms with E-state index in [1.807, 2.05) is 0 Å². The van der Waals surface area contributed by atoms with Crippen LogP contribution in [-0.2, 0) is 9.59 Å². The van der Waals surface area contributed by atoms with Crippen molar-refractivity contribution < 1.29 is 14.7 Å². The number of carboxylic acid groups (broad SMARTS) is 1. The van der Waals surface area contributed by atoms with Crippen molar-refractivity contribution >= 4 is 11.9 Å². The Hall–Kier alpha value is -1.06. The average Bonchev–Trinajstić information content (AvgIpc) is 2.86. The molecular weight excluding hydrogens is 254 g/mol. The summed E-state index contributed by atoms with van der Waals surface area (Å²) in [5.74, 6) is -0.491. The van der Waals surface area contributed by atoms with Crippen molar-refractivity contribution in [2.45, 2.75) is 64.8 Å². The van der Waals surface area contributed by atoms with E-state index < -0.39 is 11.9 Å².